The van der Waals surface area contributed by atoms with Gasteiger partial charge in [-0.15, -0.1) is 22.7 Å². The van der Waals surface area contributed by atoms with Crippen molar-refractivity contribution in [2.24, 2.45) is 0 Å². The normalized spacial score (nSPS) is 13.0. The Morgan fingerprint density at radius 3 is 2.84 bits per heavy atom. The number of rotatable bonds is 5. The second kappa shape index (κ2) is 8.79. The Labute approximate surface area is 192 Å². The Morgan fingerprint density at radius 2 is 2.00 bits per heavy atom. The number of carbonyl (C=O) groups excluding carboxylic acids is 1. The van der Waals surface area contributed by atoms with Gasteiger partial charge in [0.1, 0.15) is 27.3 Å². The van der Waals surface area contributed by atoms with Gasteiger partial charge in [0.05, 0.1) is 11.3 Å². The second-order valence-electron chi connectivity index (χ2n) is 7.24. The zero-order valence-corrected chi connectivity index (χ0v) is 19.0. The van der Waals surface area contributed by atoms with Crippen molar-refractivity contribution in [2.45, 2.75) is 30.7 Å². The van der Waals surface area contributed by atoms with Crippen molar-refractivity contribution in [3.05, 3.63) is 58.7 Å². The topological polar surface area (TPSA) is 78.7 Å². The van der Waals surface area contributed by atoms with E-state index < -0.39 is 0 Å². The molecule has 0 fully saturated rings. The first kappa shape index (κ1) is 20.2. The summed E-state index contributed by atoms with van der Waals surface area (Å²) >= 11 is 4.57. The summed E-state index contributed by atoms with van der Waals surface area (Å²) in [5, 5.41) is 15.0. The number of aromatic nitrogens is 2. The molecule has 3 heterocycles. The minimum atomic E-state index is -0.120. The molecule has 3 aromatic heterocycles. The van der Waals surface area contributed by atoms with Crippen LogP contribution in [0.1, 0.15) is 28.8 Å². The van der Waals surface area contributed by atoms with Gasteiger partial charge in [-0.25, -0.2) is 9.97 Å². The van der Waals surface area contributed by atoms with Gasteiger partial charge in [-0.3, -0.25) is 4.79 Å². The van der Waals surface area contributed by atoms with E-state index in [4.69, 9.17) is 0 Å². The number of thiophene rings is 2. The Balaban J connectivity index is 1.32. The molecule has 31 heavy (non-hydrogen) atoms. The van der Waals surface area contributed by atoms with Crippen molar-refractivity contribution < 1.29 is 4.79 Å². The van der Waals surface area contributed by atoms with Crippen LogP contribution in [0.15, 0.2) is 47.8 Å². The molecule has 0 bridgehead atoms. The molecule has 0 aliphatic heterocycles. The summed E-state index contributed by atoms with van der Waals surface area (Å²) in [6.07, 6.45) is 5.74. The van der Waals surface area contributed by atoms with Crippen LogP contribution < -0.4 is 5.32 Å². The number of aryl methyl sites for hydroxylation is 1. The third-order valence-electron chi connectivity index (χ3n) is 5.23. The van der Waals surface area contributed by atoms with Crippen LogP contribution in [0.3, 0.4) is 0 Å². The van der Waals surface area contributed by atoms with Crippen LogP contribution in [0.2, 0.25) is 0 Å². The summed E-state index contributed by atoms with van der Waals surface area (Å²) in [6, 6.07) is 14.6. The van der Waals surface area contributed by atoms with Gasteiger partial charge in [0.25, 0.3) is 0 Å². The number of thioether (sulfide) groups is 1. The van der Waals surface area contributed by atoms with E-state index in [9.17, 15) is 10.1 Å². The molecule has 5 rings (SSSR count). The lowest BCUT2D eigenvalue weighted by Crippen LogP contribution is -2.14. The molecule has 0 spiro atoms. The molecule has 8 heteroatoms. The van der Waals surface area contributed by atoms with E-state index >= 15 is 0 Å². The maximum absolute atomic E-state index is 12.7. The SMILES string of the molecule is N#Cc1c(NC(=O)CSc2ncnc3sc(-c4ccccc4)cc23)sc2c1CCCC2. The Bertz CT molecular complexity index is 1300. The molecule has 5 nitrogen and oxygen atoms in total. The van der Waals surface area contributed by atoms with Crippen LogP contribution in [-0.4, -0.2) is 21.6 Å². The molecule has 1 aliphatic carbocycles. The molecule has 0 saturated carbocycles. The minimum Gasteiger partial charge on any atom is -0.316 e. The molecule has 1 amide bonds. The summed E-state index contributed by atoms with van der Waals surface area (Å²) in [6.45, 7) is 0. The van der Waals surface area contributed by atoms with Crippen LogP contribution in [0.25, 0.3) is 20.7 Å². The number of nitriles is 1. The molecular formula is C23H18N4OS3. The molecule has 0 radical (unpaired) electrons. The predicted octanol–water partition coefficient (Wildman–Crippen LogP) is 5.90. The number of nitrogens with one attached hydrogen (secondary N) is 1. The fraction of sp³-hybridized carbons (Fsp3) is 0.217. The fourth-order valence-corrected chi connectivity index (χ4v) is 6.86. The van der Waals surface area contributed by atoms with E-state index in [1.54, 1.807) is 29.0 Å². The first-order valence-corrected chi connectivity index (χ1v) is 12.6. The number of benzene rings is 1. The summed E-state index contributed by atoms with van der Waals surface area (Å²) in [5.41, 5.74) is 2.92. The van der Waals surface area contributed by atoms with E-state index in [0.717, 1.165) is 56.9 Å². The minimum absolute atomic E-state index is 0.120. The smallest absolute Gasteiger partial charge is 0.235 e. The van der Waals surface area contributed by atoms with Gasteiger partial charge in [-0.1, -0.05) is 42.1 Å². The summed E-state index contributed by atoms with van der Waals surface area (Å²) in [5.74, 6) is 0.112. The zero-order chi connectivity index (χ0) is 21.2. The van der Waals surface area contributed by atoms with E-state index in [1.807, 2.05) is 18.2 Å². The largest absolute Gasteiger partial charge is 0.316 e. The van der Waals surface area contributed by atoms with Gasteiger partial charge in [0, 0.05) is 15.1 Å². The molecule has 154 valence electrons. The number of hydrogen-bond acceptors (Lipinski definition) is 7. The van der Waals surface area contributed by atoms with Gasteiger partial charge in [0.15, 0.2) is 0 Å². The lowest BCUT2D eigenvalue weighted by Gasteiger charge is -2.09. The van der Waals surface area contributed by atoms with Gasteiger partial charge in [-0.05, 0) is 42.9 Å². The second-order valence-corrected chi connectivity index (χ2v) is 10.3. The highest BCUT2D eigenvalue weighted by molar-refractivity contribution is 8.00. The maximum Gasteiger partial charge on any atom is 0.235 e. The molecule has 0 unspecified atom stereocenters. The van der Waals surface area contributed by atoms with Gasteiger partial charge in [-0.2, -0.15) is 5.26 Å². The highest BCUT2D eigenvalue weighted by atomic mass is 32.2. The molecule has 4 aromatic rings. The van der Waals surface area contributed by atoms with Crippen molar-refractivity contribution in [1.82, 2.24) is 9.97 Å². The van der Waals surface area contributed by atoms with Gasteiger partial charge in [0.2, 0.25) is 5.91 Å². The number of hydrogen-bond donors (Lipinski definition) is 1. The quantitative estimate of drug-likeness (QED) is 0.295. The number of anilines is 1. The zero-order valence-electron chi connectivity index (χ0n) is 16.6. The molecule has 0 atom stereocenters. The third kappa shape index (κ3) is 4.09. The summed E-state index contributed by atoms with van der Waals surface area (Å²) < 4.78 is 0. The first-order valence-electron chi connectivity index (χ1n) is 10.00. The molecule has 0 saturated heterocycles. The van der Waals surface area contributed by atoms with Crippen molar-refractivity contribution in [2.75, 3.05) is 11.1 Å². The molecule has 1 N–H and O–H groups in total. The van der Waals surface area contributed by atoms with Crippen LogP contribution in [-0.2, 0) is 17.6 Å². The number of nitrogens with zero attached hydrogens (tertiary/aromatic N) is 3. The number of fused-ring (bicyclic) bond motifs is 2. The maximum atomic E-state index is 12.7. The van der Waals surface area contributed by atoms with Crippen molar-refractivity contribution in [3.63, 3.8) is 0 Å². The van der Waals surface area contributed by atoms with E-state index in [1.165, 1.54) is 16.6 Å². The van der Waals surface area contributed by atoms with Crippen LogP contribution in [0, 0.1) is 11.3 Å². The number of carbonyl (C=O) groups is 1. The van der Waals surface area contributed by atoms with E-state index in [0.29, 0.717) is 10.6 Å². The van der Waals surface area contributed by atoms with Crippen molar-refractivity contribution >= 4 is 55.6 Å². The highest BCUT2D eigenvalue weighted by Gasteiger charge is 2.22. The Hall–Kier alpha value is -2.73. The molecule has 1 aliphatic rings. The summed E-state index contributed by atoms with van der Waals surface area (Å²) in [4.78, 5) is 24.8. The number of amides is 1. The first-order chi connectivity index (χ1) is 15.2. The van der Waals surface area contributed by atoms with Crippen LogP contribution in [0.4, 0.5) is 5.00 Å². The summed E-state index contributed by atoms with van der Waals surface area (Å²) in [7, 11) is 0. The standard InChI is InChI=1S/C23H18N4OS3/c24-11-17-15-8-4-5-9-18(15)30-23(17)27-20(28)12-29-21-16-10-19(14-6-2-1-3-7-14)31-22(16)26-13-25-21/h1-3,6-7,10,13H,4-5,8-9,12H2,(H,27,28). The lowest BCUT2D eigenvalue weighted by molar-refractivity contribution is -0.113. The highest BCUT2D eigenvalue weighted by Crippen LogP contribution is 2.38. The molecule has 1 aromatic carbocycles. The van der Waals surface area contributed by atoms with Crippen molar-refractivity contribution in [3.8, 4) is 16.5 Å². The third-order valence-corrected chi connectivity index (χ3v) is 8.53. The van der Waals surface area contributed by atoms with Gasteiger partial charge >= 0.3 is 0 Å². The molecular weight excluding hydrogens is 444 g/mol. The van der Waals surface area contributed by atoms with Crippen LogP contribution >= 0.6 is 34.4 Å². The predicted molar refractivity (Wildman–Crippen MR) is 128 cm³/mol. The van der Waals surface area contributed by atoms with E-state index in [2.05, 4.69) is 39.6 Å². The van der Waals surface area contributed by atoms with E-state index in [-0.39, 0.29) is 11.7 Å². The average molecular weight is 463 g/mol. The van der Waals surface area contributed by atoms with Crippen LogP contribution in [0.5, 0.6) is 0 Å². The monoisotopic (exact) mass is 462 g/mol. The van der Waals surface area contributed by atoms with Gasteiger partial charge < -0.3 is 5.32 Å². The Kier molecular flexibility index (Phi) is 5.72. The van der Waals surface area contributed by atoms with Crippen molar-refractivity contribution in [1.29, 1.82) is 5.26 Å². The average Bonchev–Trinajstić information content (AvgIpc) is 3.39. The Morgan fingerprint density at radius 1 is 1.16 bits per heavy atom. The fourth-order valence-electron chi connectivity index (χ4n) is 3.76. The lowest BCUT2D eigenvalue weighted by atomic mass is 9.96.